The lowest BCUT2D eigenvalue weighted by Crippen LogP contribution is -2.44. The Bertz CT molecular complexity index is 694. The summed E-state index contributed by atoms with van der Waals surface area (Å²) in [5, 5.41) is 7.12. The van der Waals surface area contributed by atoms with Crippen molar-refractivity contribution in [1.82, 2.24) is 9.80 Å². The first-order valence-electron chi connectivity index (χ1n) is 8.61. The van der Waals surface area contributed by atoms with Crippen LogP contribution in [0.4, 0.5) is 17.6 Å². The fourth-order valence-electron chi connectivity index (χ4n) is 3.31. The number of carbonyl (C=O) groups is 2. The maximum absolute atomic E-state index is 12.9. The maximum atomic E-state index is 12.9. The molecule has 2 saturated heterocycles. The van der Waals surface area contributed by atoms with Crippen LogP contribution in [-0.4, -0.2) is 72.4 Å². The molecule has 28 heavy (non-hydrogen) atoms. The van der Waals surface area contributed by atoms with Gasteiger partial charge in [0, 0.05) is 33.7 Å². The molecule has 1 aromatic rings. The van der Waals surface area contributed by atoms with Gasteiger partial charge in [0.1, 0.15) is 5.82 Å². The molecule has 1 aromatic carbocycles. The number of halogens is 4. The van der Waals surface area contributed by atoms with E-state index in [1.54, 1.807) is 19.0 Å². The van der Waals surface area contributed by atoms with Crippen molar-refractivity contribution in [3.63, 3.8) is 0 Å². The Hall–Kier alpha value is -2.20. The summed E-state index contributed by atoms with van der Waals surface area (Å²) < 4.78 is 50.6. The number of morpholine rings is 1. The van der Waals surface area contributed by atoms with E-state index in [2.05, 4.69) is 4.90 Å². The third kappa shape index (κ3) is 5.90. The number of benzene rings is 1. The first-order valence-corrected chi connectivity index (χ1v) is 8.61. The van der Waals surface area contributed by atoms with E-state index < -0.39 is 12.1 Å². The number of hydrogen-bond acceptors (Lipinski definition) is 4. The van der Waals surface area contributed by atoms with Gasteiger partial charge >= 0.3 is 12.1 Å². The van der Waals surface area contributed by atoms with E-state index >= 15 is 0 Å². The van der Waals surface area contributed by atoms with Crippen molar-refractivity contribution in [3.8, 4) is 0 Å². The highest BCUT2D eigenvalue weighted by Gasteiger charge is 2.45. The molecule has 3 rings (SSSR count). The van der Waals surface area contributed by atoms with Crippen LogP contribution >= 0.6 is 0 Å². The lowest BCUT2D eigenvalue weighted by atomic mass is 9.99. The lowest BCUT2D eigenvalue weighted by molar-refractivity contribution is -0.192. The van der Waals surface area contributed by atoms with Gasteiger partial charge in [-0.1, -0.05) is 12.1 Å². The fourth-order valence-corrected chi connectivity index (χ4v) is 3.31. The van der Waals surface area contributed by atoms with Crippen molar-refractivity contribution in [3.05, 3.63) is 35.6 Å². The Balaban J connectivity index is 0.000000345. The molecule has 2 aliphatic heterocycles. The Labute approximate surface area is 159 Å². The zero-order valence-corrected chi connectivity index (χ0v) is 15.4. The number of nitrogens with zero attached hydrogens (tertiary/aromatic N) is 2. The SMILES string of the molecule is CN(C)C(=O)[C@H]1C[C@@H]2CN(Cc3ccc(F)cc3)C[C@H]1O2.O=C(O)C(F)(F)F. The molecule has 0 aliphatic carbocycles. The van der Waals surface area contributed by atoms with E-state index in [4.69, 9.17) is 14.6 Å². The molecule has 0 spiro atoms. The summed E-state index contributed by atoms with van der Waals surface area (Å²) in [5.41, 5.74) is 1.09. The zero-order valence-electron chi connectivity index (χ0n) is 15.4. The second kappa shape index (κ2) is 8.87. The largest absolute Gasteiger partial charge is 0.490 e. The van der Waals surface area contributed by atoms with E-state index in [9.17, 15) is 22.4 Å². The number of aliphatic carboxylic acids is 1. The van der Waals surface area contributed by atoms with Crippen LogP contribution in [0.25, 0.3) is 0 Å². The monoisotopic (exact) mass is 406 g/mol. The highest BCUT2D eigenvalue weighted by atomic mass is 19.4. The van der Waals surface area contributed by atoms with Gasteiger partial charge in [0.05, 0.1) is 18.1 Å². The van der Waals surface area contributed by atoms with Gasteiger partial charge in [0.15, 0.2) is 0 Å². The summed E-state index contributed by atoms with van der Waals surface area (Å²) in [4.78, 5) is 25.0. The summed E-state index contributed by atoms with van der Waals surface area (Å²) >= 11 is 0. The maximum Gasteiger partial charge on any atom is 0.490 e. The van der Waals surface area contributed by atoms with Crippen LogP contribution in [0.3, 0.4) is 0 Å². The van der Waals surface area contributed by atoms with E-state index in [1.165, 1.54) is 12.1 Å². The van der Waals surface area contributed by atoms with Crippen molar-refractivity contribution in [2.24, 2.45) is 5.92 Å². The highest BCUT2D eigenvalue weighted by Crippen LogP contribution is 2.33. The minimum atomic E-state index is -5.08. The zero-order chi connectivity index (χ0) is 21.1. The number of rotatable bonds is 3. The quantitative estimate of drug-likeness (QED) is 0.779. The van der Waals surface area contributed by atoms with E-state index in [-0.39, 0.29) is 29.9 Å². The second-order valence-electron chi connectivity index (χ2n) is 6.99. The van der Waals surface area contributed by atoms with Crippen LogP contribution in [0.1, 0.15) is 12.0 Å². The molecule has 0 saturated carbocycles. The number of carboxylic acids is 1. The van der Waals surface area contributed by atoms with Crippen LogP contribution in [-0.2, 0) is 20.9 Å². The summed E-state index contributed by atoms with van der Waals surface area (Å²) in [6.07, 6.45) is -4.15. The molecule has 6 nitrogen and oxygen atoms in total. The number of alkyl halides is 3. The predicted molar refractivity (Wildman–Crippen MR) is 90.8 cm³/mol. The summed E-state index contributed by atoms with van der Waals surface area (Å²) in [5.74, 6) is -2.83. The molecular weight excluding hydrogens is 384 g/mol. The number of likely N-dealkylation sites (tertiary alicyclic amines) is 1. The molecule has 156 valence electrons. The fraction of sp³-hybridized carbons (Fsp3) is 0.556. The molecule has 2 fully saturated rings. The Morgan fingerprint density at radius 2 is 1.79 bits per heavy atom. The van der Waals surface area contributed by atoms with Crippen LogP contribution in [0.5, 0.6) is 0 Å². The third-order valence-electron chi connectivity index (χ3n) is 4.55. The molecular formula is C18H22F4N2O4. The van der Waals surface area contributed by atoms with Crippen LogP contribution < -0.4 is 0 Å². The van der Waals surface area contributed by atoms with Gasteiger partial charge in [-0.3, -0.25) is 9.69 Å². The third-order valence-corrected chi connectivity index (χ3v) is 4.55. The van der Waals surface area contributed by atoms with E-state index in [0.29, 0.717) is 0 Å². The molecule has 2 heterocycles. The number of carboxylic acid groups (broad SMARTS) is 1. The van der Waals surface area contributed by atoms with Crippen molar-refractivity contribution in [2.75, 3.05) is 27.2 Å². The van der Waals surface area contributed by atoms with E-state index in [0.717, 1.165) is 31.6 Å². The number of ether oxygens (including phenoxy) is 1. The van der Waals surface area contributed by atoms with Crippen LogP contribution in [0.2, 0.25) is 0 Å². The Kier molecular flexibility index (Phi) is 7.00. The van der Waals surface area contributed by atoms with Crippen molar-refractivity contribution >= 4 is 11.9 Å². The molecule has 2 aliphatic rings. The molecule has 3 atom stereocenters. The van der Waals surface area contributed by atoms with Crippen molar-refractivity contribution in [1.29, 1.82) is 0 Å². The standard InChI is InChI=1S/C16H21FN2O2.C2HF3O2/c1-18(2)16(20)14-7-13-9-19(10-15(14)21-13)8-11-3-5-12(17)6-4-11;3-2(4,5)1(6)7/h3-6,13-15H,7-10H2,1-2H3;(H,6,7)/t13-,14+,15-;/m1./s1. The number of fused-ring (bicyclic) bond motifs is 2. The molecule has 1 N–H and O–H groups in total. The number of hydrogen-bond donors (Lipinski definition) is 1. The van der Waals surface area contributed by atoms with Gasteiger partial charge in [0.25, 0.3) is 0 Å². The van der Waals surface area contributed by atoms with Gasteiger partial charge in [0.2, 0.25) is 5.91 Å². The van der Waals surface area contributed by atoms with Gasteiger partial charge in [-0.25, -0.2) is 9.18 Å². The Morgan fingerprint density at radius 3 is 2.29 bits per heavy atom. The van der Waals surface area contributed by atoms with Crippen molar-refractivity contribution in [2.45, 2.75) is 31.3 Å². The summed E-state index contributed by atoms with van der Waals surface area (Å²) in [6.45, 7) is 2.38. The summed E-state index contributed by atoms with van der Waals surface area (Å²) in [6, 6.07) is 6.61. The molecule has 0 unspecified atom stereocenters. The van der Waals surface area contributed by atoms with Gasteiger partial charge in [-0.15, -0.1) is 0 Å². The molecule has 1 amide bonds. The smallest absolute Gasteiger partial charge is 0.475 e. The topological polar surface area (TPSA) is 70.1 Å². The molecule has 0 radical (unpaired) electrons. The summed E-state index contributed by atoms with van der Waals surface area (Å²) in [7, 11) is 3.59. The van der Waals surface area contributed by atoms with Crippen molar-refractivity contribution < 1.29 is 37.0 Å². The van der Waals surface area contributed by atoms with Gasteiger partial charge in [-0.05, 0) is 24.1 Å². The first kappa shape index (κ1) is 22.1. The predicted octanol–water partition coefficient (Wildman–Crippen LogP) is 2.14. The first-order chi connectivity index (χ1) is 13.0. The number of amides is 1. The average Bonchev–Trinajstić information content (AvgIpc) is 2.90. The second-order valence-corrected chi connectivity index (χ2v) is 6.99. The van der Waals surface area contributed by atoms with Crippen LogP contribution in [0.15, 0.2) is 24.3 Å². The average molecular weight is 406 g/mol. The van der Waals surface area contributed by atoms with Crippen LogP contribution in [0, 0.1) is 11.7 Å². The molecule has 10 heteroatoms. The minimum absolute atomic E-state index is 0.0147. The minimum Gasteiger partial charge on any atom is -0.475 e. The number of carbonyl (C=O) groups excluding carboxylic acids is 1. The lowest BCUT2D eigenvalue weighted by Gasteiger charge is -2.33. The van der Waals surface area contributed by atoms with Gasteiger partial charge in [-0.2, -0.15) is 13.2 Å². The highest BCUT2D eigenvalue weighted by molar-refractivity contribution is 5.79. The van der Waals surface area contributed by atoms with E-state index in [1.807, 2.05) is 12.1 Å². The van der Waals surface area contributed by atoms with Gasteiger partial charge < -0.3 is 14.7 Å². The normalized spacial score (nSPS) is 24.3. The molecule has 2 bridgehead atoms. The Morgan fingerprint density at radius 1 is 1.21 bits per heavy atom. The molecule has 0 aromatic heterocycles.